The summed E-state index contributed by atoms with van der Waals surface area (Å²) >= 11 is 0. The maximum absolute atomic E-state index is 2.38. The average molecular weight is 141 g/mol. The zero-order chi connectivity index (χ0) is 7.72. The van der Waals surface area contributed by atoms with E-state index in [2.05, 4.69) is 32.8 Å². The lowest BCUT2D eigenvalue weighted by molar-refractivity contribution is 0.0382. The molecule has 0 aromatic carbocycles. The molecule has 0 aromatic rings. The first-order valence-electron chi connectivity index (χ1n) is 4.33. The van der Waals surface area contributed by atoms with Gasteiger partial charge in [-0.15, -0.1) is 0 Å². The molecule has 0 bridgehead atoms. The van der Waals surface area contributed by atoms with Crippen molar-refractivity contribution < 1.29 is 0 Å². The molecule has 1 saturated carbocycles. The molecule has 1 fully saturated rings. The minimum absolute atomic E-state index is 0.866. The molecule has 0 aliphatic heterocycles. The van der Waals surface area contributed by atoms with Gasteiger partial charge in [-0.1, -0.05) is 20.3 Å². The van der Waals surface area contributed by atoms with Crippen molar-refractivity contribution >= 4 is 0 Å². The summed E-state index contributed by atoms with van der Waals surface area (Å²) in [6.45, 7) is 4.66. The van der Waals surface area contributed by atoms with Crippen molar-refractivity contribution in [2.75, 3.05) is 14.1 Å². The van der Waals surface area contributed by atoms with Gasteiger partial charge < -0.3 is 4.90 Å². The van der Waals surface area contributed by atoms with E-state index in [1.807, 2.05) is 0 Å². The topological polar surface area (TPSA) is 3.24 Å². The highest BCUT2D eigenvalue weighted by atomic mass is 15.1. The molecule has 1 aliphatic rings. The van der Waals surface area contributed by atoms with Crippen molar-refractivity contribution in [3.8, 4) is 0 Å². The second-order valence-electron chi connectivity index (χ2n) is 3.84. The standard InChI is InChI=1S/C9H19N/c1-5-8-6-7(2)9(8)10(3)4/h7-9H,5-6H2,1-4H3. The maximum Gasteiger partial charge on any atom is 0.0143 e. The van der Waals surface area contributed by atoms with Gasteiger partial charge in [-0.3, -0.25) is 0 Å². The maximum atomic E-state index is 2.38. The Kier molecular flexibility index (Phi) is 2.35. The molecule has 0 aromatic heterocycles. The first-order chi connectivity index (χ1) is 4.66. The van der Waals surface area contributed by atoms with Crippen LogP contribution in [0, 0.1) is 11.8 Å². The summed E-state index contributed by atoms with van der Waals surface area (Å²) in [7, 11) is 4.39. The van der Waals surface area contributed by atoms with Gasteiger partial charge in [0.2, 0.25) is 0 Å². The lowest BCUT2D eigenvalue weighted by Crippen LogP contribution is -2.49. The molecule has 3 unspecified atom stereocenters. The van der Waals surface area contributed by atoms with E-state index in [9.17, 15) is 0 Å². The van der Waals surface area contributed by atoms with E-state index in [1.54, 1.807) is 0 Å². The third-order valence-electron chi connectivity index (χ3n) is 2.86. The lowest BCUT2D eigenvalue weighted by atomic mass is 9.69. The zero-order valence-electron chi connectivity index (χ0n) is 7.59. The highest BCUT2D eigenvalue weighted by Crippen LogP contribution is 2.38. The molecule has 1 aliphatic carbocycles. The predicted octanol–water partition coefficient (Wildman–Crippen LogP) is 1.98. The Labute approximate surface area is 64.4 Å². The summed E-state index contributed by atoms with van der Waals surface area (Å²) in [5.74, 6) is 1.91. The molecule has 0 saturated heterocycles. The van der Waals surface area contributed by atoms with Crippen molar-refractivity contribution in [2.24, 2.45) is 11.8 Å². The molecule has 0 heterocycles. The van der Waals surface area contributed by atoms with Gasteiger partial charge in [0.15, 0.2) is 0 Å². The van der Waals surface area contributed by atoms with E-state index in [0.29, 0.717) is 0 Å². The number of rotatable bonds is 2. The monoisotopic (exact) mass is 141 g/mol. The molecule has 0 N–H and O–H groups in total. The second-order valence-corrected chi connectivity index (χ2v) is 3.84. The number of nitrogens with zero attached hydrogens (tertiary/aromatic N) is 1. The smallest absolute Gasteiger partial charge is 0.0143 e. The molecule has 10 heavy (non-hydrogen) atoms. The Bertz CT molecular complexity index is 105. The van der Waals surface area contributed by atoms with Gasteiger partial charge >= 0.3 is 0 Å². The molecular weight excluding hydrogens is 122 g/mol. The molecule has 1 nitrogen and oxygen atoms in total. The summed E-state index contributed by atoms with van der Waals surface area (Å²) < 4.78 is 0. The Morgan fingerprint density at radius 3 is 2.20 bits per heavy atom. The van der Waals surface area contributed by atoms with E-state index in [4.69, 9.17) is 0 Å². The van der Waals surface area contributed by atoms with Gasteiger partial charge in [0.05, 0.1) is 0 Å². The summed E-state index contributed by atoms with van der Waals surface area (Å²) in [5, 5.41) is 0. The van der Waals surface area contributed by atoms with Gasteiger partial charge in [0.1, 0.15) is 0 Å². The fraction of sp³-hybridized carbons (Fsp3) is 1.00. The Morgan fingerprint density at radius 1 is 1.40 bits per heavy atom. The number of hydrogen-bond donors (Lipinski definition) is 0. The van der Waals surface area contributed by atoms with Crippen LogP contribution in [0.2, 0.25) is 0 Å². The van der Waals surface area contributed by atoms with Crippen molar-refractivity contribution in [2.45, 2.75) is 32.7 Å². The van der Waals surface area contributed by atoms with Crippen LogP contribution in [-0.2, 0) is 0 Å². The van der Waals surface area contributed by atoms with Crippen LogP contribution in [-0.4, -0.2) is 25.0 Å². The Hall–Kier alpha value is -0.0400. The fourth-order valence-electron chi connectivity index (χ4n) is 2.36. The normalized spacial score (nSPS) is 39.9. The predicted molar refractivity (Wildman–Crippen MR) is 45.0 cm³/mol. The summed E-state index contributed by atoms with van der Waals surface area (Å²) in [6.07, 6.45) is 2.80. The van der Waals surface area contributed by atoms with Gasteiger partial charge in [-0.25, -0.2) is 0 Å². The number of hydrogen-bond acceptors (Lipinski definition) is 1. The molecule has 0 radical (unpaired) electrons. The van der Waals surface area contributed by atoms with Crippen LogP contribution in [0.3, 0.4) is 0 Å². The molecule has 3 atom stereocenters. The van der Waals surface area contributed by atoms with Crippen molar-refractivity contribution in [3.05, 3.63) is 0 Å². The third kappa shape index (κ3) is 1.20. The molecule has 0 amide bonds. The molecule has 1 rings (SSSR count). The first kappa shape index (κ1) is 8.06. The summed E-state index contributed by atoms with van der Waals surface area (Å²) in [4.78, 5) is 2.38. The van der Waals surface area contributed by atoms with Crippen LogP contribution in [0.25, 0.3) is 0 Å². The quantitative estimate of drug-likeness (QED) is 0.568. The summed E-state index contributed by atoms with van der Waals surface area (Å²) in [6, 6.07) is 0.866. The highest BCUT2D eigenvalue weighted by Gasteiger charge is 2.37. The minimum atomic E-state index is 0.866. The Balaban J connectivity index is 2.40. The van der Waals surface area contributed by atoms with Gasteiger partial charge in [-0.2, -0.15) is 0 Å². The SMILES string of the molecule is CCC1CC(C)C1N(C)C. The van der Waals surface area contributed by atoms with Crippen LogP contribution in [0.5, 0.6) is 0 Å². The molecule has 0 spiro atoms. The molecule has 60 valence electrons. The van der Waals surface area contributed by atoms with E-state index < -0.39 is 0 Å². The van der Waals surface area contributed by atoms with Gasteiger partial charge in [0, 0.05) is 6.04 Å². The largest absolute Gasteiger partial charge is 0.306 e. The van der Waals surface area contributed by atoms with E-state index in [0.717, 1.165) is 17.9 Å². The van der Waals surface area contributed by atoms with Crippen LogP contribution >= 0.6 is 0 Å². The highest BCUT2D eigenvalue weighted by molar-refractivity contribution is 4.91. The average Bonchev–Trinajstić information content (AvgIpc) is 1.80. The van der Waals surface area contributed by atoms with E-state index >= 15 is 0 Å². The van der Waals surface area contributed by atoms with E-state index in [-0.39, 0.29) is 0 Å². The fourth-order valence-corrected chi connectivity index (χ4v) is 2.36. The van der Waals surface area contributed by atoms with Crippen LogP contribution in [0.15, 0.2) is 0 Å². The van der Waals surface area contributed by atoms with Crippen LogP contribution < -0.4 is 0 Å². The van der Waals surface area contributed by atoms with Gasteiger partial charge in [0.25, 0.3) is 0 Å². The van der Waals surface area contributed by atoms with Crippen molar-refractivity contribution in [1.82, 2.24) is 4.90 Å². The first-order valence-corrected chi connectivity index (χ1v) is 4.33. The third-order valence-corrected chi connectivity index (χ3v) is 2.86. The molecular formula is C9H19N. The van der Waals surface area contributed by atoms with Crippen molar-refractivity contribution in [3.63, 3.8) is 0 Å². The lowest BCUT2D eigenvalue weighted by Gasteiger charge is -2.46. The van der Waals surface area contributed by atoms with Crippen molar-refractivity contribution in [1.29, 1.82) is 0 Å². The molecule has 1 heteroatoms. The summed E-state index contributed by atoms with van der Waals surface area (Å²) in [5.41, 5.74) is 0. The van der Waals surface area contributed by atoms with Crippen LogP contribution in [0.1, 0.15) is 26.7 Å². The zero-order valence-corrected chi connectivity index (χ0v) is 7.59. The van der Waals surface area contributed by atoms with E-state index in [1.165, 1.54) is 12.8 Å². The Morgan fingerprint density at radius 2 is 2.00 bits per heavy atom. The van der Waals surface area contributed by atoms with Gasteiger partial charge in [-0.05, 0) is 32.4 Å². The van der Waals surface area contributed by atoms with Crippen LogP contribution in [0.4, 0.5) is 0 Å². The minimum Gasteiger partial charge on any atom is -0.306 e. The second kappa shape index (κ2) is 2.91.